The van der Waals surface area contributed by atoms with E-state index in [4.69, 9.17) is 11.1 Å². The summed E-state index contributed by atoms with van der Waals surface area (Å²) in [5, 5.41) is 16.3. The van der Waals surface area contributed by atoms with E-state index < -0.39 is 21.5 Å². The van der Waals surface area contributed by atoms with E-state index in [1.807, 2.05) is 6.07 Å². The fourth-order valence-electron chi connectivity index (χ4n) is 5.59. The van der Waals surface area contributed by atoms with E-state index in [-0.39, 0.29) is 40.8 Å². The fourth-order valence-corrected chi connectivity index (χ4v) is 7.17. The number of rotatable bonds is 13. The topological polar surface area (TPSA) is 175 Å². The second-order valence-electron chi connectivity index (χ2n) is 11.5. The smallest absolute Gasteiger partial charge is 0.230 e. The number of carbonyl (C=O) groups excluding carboxylic acids is 3. The highest BCUT2D eigenvalue weighted by atomic mass is 32.2. The summed E-state index contributed by atoms with van der Waals surface area (Å²) >= 11 is 0. The molecule has 0 spiro atoms. The van der Waals surface area contributed by atoms with Crippen LogP contribution in [0.5, 0.6) is 0 Å². The first-order valence-corrected chi connectivity index (χ1v) is 16.5. The standard InChI is InChI=1S/C31H42N6O5S/c1-34-28(38)10-3-5-21-11-13-37(14-12-21)31(40)24(16-22-6-2-7-23(15-22)29(32)33)20-43(41,42)27-9-4-8-26(17-27)36-30(39)25-18-35-19-25/h2,4,6-9,15,17,21,24-25,35H,3,5,10-14,16,18-20H2,1H3,(H3,32,33)(H,34,38)(H,36,39)/t24-/m1/s1. The van der Waals surface area contributed by atoms with Gasteiger partial charge in [0.1, 0.15) is 5.84 Å². The van der Waals surface area contributed by atoms with E-state index in [2.05, 4.69) is 16.0 Å². The van der Waals surface area contributed by atoms with Gasteiger partial charge in [0.2, 0.25) is 17.7 Å². The third kappa shape index (κ3) is 8.87. The number of likely N-dealkylation sites (tertiary alicyclic amines) is 1. The van der Waals surface area contributed by atoms with Gasteiger partial charge in [-0.1, -0.05) is 24.3 Å². The van der Waals surface area contributed by atoms with Crippen LogP contribution in [-0.4, -0.2) is 75.9 Å². The lowest BCUT2D eigenvalue weighted by atomic mass is 9.90. The summed E-state index contributed by atoms with van der Waals surface area (Å²) in [4.78, 5) is 39.6. The van der Waals surface area contributed by atoms with E-state index in [0.717, 1.165) is 31.2 Å². The third-order valence-corrected chi connectivity index (χ3v) is 10.1. The summed E-state index contributed by atoms with van der Waals surface area (Å²) in [7, 11) is -2.28. The molecular weight excluding hydrogens is 568 g/mol. The molecule has 43 heavy (non-hydrogen) atoms. The van der Waals surface area contributed by atoms with Gasteiger partial charge in [0.05, 0.1) is 22.5 Å². The second-order valence-corrected chi connectivity index (χ2v) is 13.5. The van der Waals surface area contributed by atoms with Crippen LogP contribution in [0.3, 0.4) is 0 Å². The van der Waals surface area contributed by atoms with Gasteiger partial charge in [-0.25, -0.2) is 8.42 Å². The van der Waals surface area contributed by atoms with Gasteiger partial charge in [-0.15, -0.1) is 0 Å². The number of hydrogen-bond acceptors (Lipinski definition) is 7. The van der Waals surface area contributed by atoms with E-state index >= 15 is 0 Å². The largest absolute Gasteiger partial charge is 0.384 e. The van der Waals surface area contributed by atoms with E-state index in [1.165, 1.54) is 12.1 Å². The number of amidine groups is 1. The second kappa shape index (κ2) is 14.6. The van der Waals surface area contributed by atoms with Crippen molar-refractivity contribution in [1.82, 2.24) is 15.5 Å². The normalized spacial score (nSPS) is 16.6. The van der Waals surface area contributed by atoms with Crippen LogP contribution in [0.2, 0.25) is 0 Å². The maximum Gasteiger partial charge on any atom is 0.230 e. The number of anilines is 1. The maximum absolute atomic E-state index is 13.9. The molecule has 6 N–H and O–H groups in total. The van der Waals surface area contributed by atoms with Gasteiger partial charge < -0.3 is 26.6 Å². The molecule has 2 heterocycles. The number of nitrogens with zero attached hydrogens (tertiary/aromatic N) is 1. The molecule has 3 amide bonds. The molecule has 2 fully saturated rings. The van der Waals surface area contributed by atoms with Crippen molar-refractivity contribution in [2.45, 2.75) is 43.4 Å². The minimum absolute atomic E-state index is 0.0223. The van der Waals surface area contributed by atoms with Gasteiger partial charge in [-0.2, -0.15) is 0 Å². The van der Waals surface area contributed by atoms with Gasteiger partial charge in [-0.3, -0.25) is 19.8 Å². The zero-order valence-corrected chi connectivity index (χ0v) is 25.4. The van der Waals surface area contributed by atoms with Crippen molar-refractivity contribution in [3.8, 4) is 0 Å². The van der Waals surface area contributed by atoms with E-state index in [0.29, 0.717) is 49.8 Å². The van der Waals surface area contributed by atoms with Crippen LogP contribution in [0.4, 0.5) is 5.69 Å². The Morgan fingerprint density at radius 1 is 1.09 bits per heavy atom. The van der Waals surface area contributed by atoms with Crippen LogP contribution in [0.25, 0.3) is 0 Å². The summed E-state index contributed by atoms with van der Waals surface area (Å²) in [6, 6.07) is 13.1. The summed E-state index contributed by atoms with van der Waals surface area (Å²) < 4.78 is 27.4. The molecule has 0 aliphatic carbocycles. The number of nitrogen functional groups attached to an aromatic ring is 1. The van der Waals surface area contributed by atoms with Crippen molar-refractivity contribution in [3.63, 3.8) is 0 Å². The first-order valence-electron chi connectivity index (χ1n) is 14.8. The van der Waals surface area contributed by atoms with E-state index in [9.17, 15) is 22.8 Å². The lowest BCUT2D eigenvalue weighted by molar-refractivity contribution is -0.136. The Morgan fingerprint density at radius 3 is 2.47 bits per heavy atom. The molecule has 2 aliphatic heterocycles. The molecule has 1 atom stereocenters. The Balaban J connectivity index is 1.48. The molecule has 0 unspecified atom stereocenters. The number of benzene rings is 2. The fraction of sp³-hybridized carbons (Fsp3) is 0.484. The molecule has 0 saturated carbocycles. The summed E-state index contributed by atoms with van der Waals surface area (Å²) in [5.41, 5.74) is 7.30. The SMILES string of the molecule is CNC(=O)CCCC1CCN(C(=O)[C@H](Cc2cccc(C(=N)N)c2)CS(=O)(=O)c2cccc(NC(=O)C3CNC3)c2)CC1. The van der Waals surface area contributed by atoms with Crippen LogP contribution in [0, 0.1) is 23.2 Å². The minimum Gasteiger partial charge on any atom is -0.384 e. The molecular formula is C31H42N6O5S. The van der Waals surface area contributed by atoms with Crippen molar-refractivity contribution < 1.29 is 22.8 Å². The molecule has 2 saturated heterocycles. The van der Waals surface area contributed by atoms with Crippen LogP contribution >= 0.6 is 0 Å². The number of piperidine rings is 1. The monoisotopic (exact) mass is 610 g/mol. The average Bonchev–Trinajstić information content (AvgIpc) is 2.96. The molecule has 2 aliphatic rings. The molecule has 2 aromatic carbocycles. The summed E-state index contributed by atoms with van der Waals surface area (Å²) in [6.07, 6.45) is 3.97. The number of hydrogen-bond donors (Lipinski definition) is 5. The number of amides is 3. The molecule has 11 nitrogen and oxygen atoms in total. The minimum atomic E-state index is -3.91. The predicted octanol–water partition coefficient (Wildman–Crippen LogP) is 1.92. The van der Waals surface area contributed by atoms with Gasteiger partial charge >= 0.3 is 0 Å². The highest BCUT2D eigenvalue weighted by Crippen LogP contribution is 2.27. The summed E-state index contributed by atoms with van der Waals surface area (Å²) in [6.45, 7) is 2.24. The van der Waals surface area contributed by atoms with Gasteiger partial charge in [0.15, 0.2) is 9.84 Å². The van der Waals surface area contributed by atoms with Gasteiger partial charge in [0, 0.05) is 50.9 Å². The highest BCUT2D eigenvalue weighted by molar-refractivity contribution is 7.91. The number of nitrogens with one attached hydrogen (secondary N) is 4. The number of nitrogens with two attached hydrogens (primary N) is 1. The Bertz CT molecular complexity index is 1430. The highest BCUT2D eigenvalue weighted by Gasteiger charge is 2.33. The summed E-state index contributed by atoms with van der Waals surface area (Å²) in [5.74, 6) is -1.44. The predicted molar refractivity (Wildman–Crippen MR) is 165 cm³/mol. The van der Waals surface area contributed by atoms with Gasteiger partial charge in [-0.05, 0) is 67.9 Å². The molecule has 0 radical (unpaired) electrons. The van der Waals surface area contributed by atoms with Crippen molar-refractivity contribution in [2.24, 2.45) is 23.5 Å². The van der Waals surface area contributed by atoms with Crippen molar-refractivity contribution in [3.05, 3.63) is 59.7 Å². The molecule has 12 heteroatoms. The number of carbonyl (C=O) groups is 3. The molecule has 2 aromatic rings. The average molecular weight is 611 g/mol. The maximum atomic E-state index is 13.9. The molecule has 4 rings (SSSR count). The Labute approximate surface area is 253 Å². The first kappa shape index (κ1) is 32.2. The lowest BCUT2D eigenvalue weighted by Crippen LogP contribution is -2.48. The zero-order valence-electron chi connectivity index (χ0n) is 24.6. The van der Waals surface area contributed by atoms with Crippen molar-refractivity contribution in [2.75, 3.05) is 44.3 Å². The third-order valence-electron chi connectivity index (χ3n) is 8.32. The first-order chi connectivity index (χ1) is 20.6. The number of sulfone groups is 1. The van der Waals surface area contributed by atoms with Gasteiger partial charge in [0.25, 0.3) is 0 Å². The van der Waals surface area contributed by atoms with Crippen LogP contribution in [-0.2, 0) is 30.6 Å². The zero-order chi connectivity index (χ0) is 31.0. The Kier molecular flexibility index (Phi) is 10.9. The van der Waals surface area contributed by atoms with Crippen LogP contribution < -0.4 is 21.7 Å². The molecule has 0 bridgehead atoms. The van der Waals surface area contributed by atoms with Crippen molar-refractivity contribution >= 4 is 39.1 Å². The van der Waals surface area contributed by atoms with Crippen molar-refractivity contribution in [1.29, 1.82) is 5.41 Å². The molecule has 232 valence electrons. The van der Waals surface area contributed by atoms with Crippen LogP contribution in [0.15, 0.2) is 53.4 Å². The molecule has 0 aromatic heterocycles. The van der Waals surface area contributed by atoms with Crippen LogP contribution in [0.1, 0.15) is 43.2 Å². The Hall–Kier alpha value is -3.77. The lowest BCUT2D eigenvalue weighted by Gasteiger charge is -2.34. The quantitative estimate of drug-likeness (QED) is 0.170. The Morgan fingerprint density at radius 2 is 1.81 bits per heavy atom. The van der Waals surface area contributed by atoms with E-state index in [1.54, 1.807) is 42.3 Å².